The number of amides is 2. The molecule has 0 aliphatic rings. The second-order valence-corrected chi connectivity index (χ2v) is 6.59. The fraction of sp³-hybridized carbons (Fsp3) is 0.250. The summed E-state index contributed by atoms with van der Waals surface area (Å²) in [5, 5.41) is 2.58. The van der Waals surface area contributed by atoms with Crippen molar-refractivity contribution in [1.29, 1.82) is 0 Å². The Morgan fingerprint density at radius 2 is 2.09 bits per heavy atom. The SMILES string of the molecule is CCOC(=O)Nc1cccc(C(=O)N(C)Cc2ccc(Cl)s2)c1. The smallest absolute Gasteiger partial charge is 0.411 e. The first-order chi connectivity index (χ1) is 11.0. The maximum atomic E-state index is 12.5. The third-order valence-corrected chi connectivity index (χ3v) is 4.22. The van der Waals surface area contributed by atoms with E-state index in [1.165, 1.54) is 11.3 Å². The minimum Gasteiger partial charge on any atom is -0.450 e. The second-order valence-electron chi connectivity index (χ2n) is 4.79. The number of ether oxygens (including phenoxy) is 1. The van der Waals surface area contributed by atoms with E-state index in [9.17, 15) is 9.59 Å². The van der Waals surface area contributed by atoms with Gasteiger partial charge >= 0.3 is 6.09 Å². The number of hydrogen-bond acceptors (Lipinski definition) is 4. The highest BCUT2D eigenvalue weighted by Crippen LogP contribution is 2.23. The van der Waals surface area contributed by atoms with Crippen LogP contribution in [0, 0.1) is 0 Å². The first kappa shape index (κ1) is 17.3. The summed E-state index contributed by atoms with van der Waals surface area (Å²) >= 11 is 7.34. The van der Waals surface area contributed by atoms with E-state index in [2.05, 4.69) is 5.32 Å². The number of anilines is 1. The fourth-order valence-corrected chi connectivity index (χ4v) is 3.12. The number of hydrogen-bond donors (Lipinski definition) is 1. The van der Waals surface area contributed by atoms with Gasteiger partial charge in [-0.2, -0.15) is 0 Å². The van der Waals surface area contributed by atoms with Gasteiger partial charge in [-0.25, -0.2) is 4.79 Å². The van der Waals surface area contributed by atoms with Gasteiger partial charge in [-0.1, -0.05) is 17.7 Å². The van der Waals surface area contributed by atoms with Gasteiger partial charge in [0, 0.05) is 23.2 Å². The molecule has 1 aromatic carbocycles. The Hall–Kier alpha value is -2.05. The number of halogens is 1. The standard InChI is InChI=1S/C16H17ClN2O3S/c1-3-22-16(21)18-12-6-4-5-11(9-12)15(20)19(2)10-13-7-8-14(17)23-13/h4-9H,3,10H2,1-2H3,(H,18,21). The van der Waals surface area contributed by atoms with Gasteiger partial charge in [0.25, 0.3) is 5.91 Å². The normalized spacial score (nSPS) is 10.2. The molecule has 1 N–H and O–H groups in total. The van der Waals surface area contributed by atoms with Crippen LogP contribution in [0.4, 0.5) is 10.5 Å². The molecule has 0 bridgehead atoms. The molecule has 0 saturated heterocycles. The lowest BCUT2D eigenvalue weighted by Crippen LogP contribution is -2.26. The molecule has 0 aliphatic carbocycles. The van der Waals surface area contributed by atoms with Crippen molar-refractivity contribution in [2.75, 3.05) is 19.0 Å². The topological polar surface area (TPSA) is 58.6 Å². The summed E-state index contributed by atoms with van der Waals surface area (Å²) in [6, 6.07) is 10.4. The summed E-state index contributed by atoms with van der Waals surface area (Å²) in [7, 11) is 1.72. The fourth-order valence-electron chi connectivity index (χ4n) is 1.98. The molecule has 0 fully saturated rings. The zero-order chi connectivity index (χ0) is 16.8. The largest absolute Gasteiger partial charge is 0.450 e. The third kappa shape index (κ3) is 4.97. The van der Waals surface area contributed by atoms with Gasteiger partial charge in [-0.3, -0.25) is 10.1 Å². The molecule has 1 heterocycles. The highest BCUT2D eigenvalue weighted by molar-refractivity contribution is 7.16. The average molecular weight is 353 g/mol. The van der Waals surface area contributed by atoms with Crippen LogP contribution in [-0.4, -0.2) is 30.6 Å². The van der Waals surface area contributed by atoms with E-state index in [1.807, 2.05) is 12.1 Å². The Morgan fingerprint density at radius 1 is 1.30 bits per heavy atom. The molecule has 7 heteroatoms. The van der Waals surface area contributed by atoms with Crippen LogP contribution in [-0.2, 0) is 11.3 Å². The second kappa shape index (κ2) is 7.99. The Bertz CT molecular complexity index is 702. The van der Waals surface area contributed by atoms with Crippen molar-refractivity contribution in [2.24, 2.45) is 0 Å². The van der Waals surface area contributed by atoms with Gasteiger partial charge in [-0.05, 0) is 37.3 Å². The van der Waals surface area contributed by atoms with Gasteiger partial charge in [0.15, 0.2) is 0 Å². The van der Waals surface area contributed by atoms with Crippen molar-refractivity contribution >= 4 is 40.6 Å². The lowest BCUT2D eigenvalue weighted by Gasteiger charge is -2.16. The average Bonchev–Trinajstić information content (AvgIpc) is 2.92. The molecule has 1 aromatic heterocycles. The summed E-state index contributed by atoms with van der Waals surface area (Å²) in [6.07, 6.45) is -0.543. The Morgan fingerprint density at radius 3 is 2.74 bits per heavy atom. The molecule has 0 unspecified atom stereocenters. The first-order valence-corrected chi connectivity index (χ1v) is 8.22. The molecule has 0 saturated carbocycles. The number of carbonyl (C=O) groups excluding carboxylic acids is 2. The van der Waals surface area contributed by atoms with E-state index >= 15 is 0 Å². The first-order valence-electron chi connectivity index (χ1n) is 7.03. The summed E-state index contributed by atoms with van der Waals surface area (Å²) in [6.45, 7) is 2.49. The minimum atomic E-state index is -0.543. The Labute approximate surface area is 143 Å². The number of carbonyl (C=O) groups is 2. The molecule has 122 valence electrons. The molecule has 2 rings (SSSR count). The predicted molar refractivity (Wildman–Crippen MR) is 92.2 cm³/mol. The molecular formula is C16H17ClN2O3S. The number of benzene rings is 1. The van der Waals surface area contributed by atoms with Gasteiger partial charge in [0.05, 0.1) is 17.5 Å². The number of nitrogens with zero attached hydrogens (tertiary/aromatic N) is 1. The molecule has 2 aromatic rings. The van der Waals surface area contributed by atoms with E-state index in [-0.39, 0.29) is 12.5 Å². The molecule has 0 atom stereocenters. The quantitative estimate of drug-likeness (QED) is 0.875. The number of thiophene rings is 1. The van der Waals surface area contributed by atoms with E-state index < -0.39 is 6.09 Å². The van der Waals surface area contributed by atoms with Crippen molar-refractivity contribution in [3.8, 4) is 0 Å². The van der Waals surface area contributed by atoms with Crippen LogP contribution in [0.3, 0.4) is 0 Å². The van der Waals surface area contributed by atoms with E-state index in [0.717, 1.165) is 4.88 Å². The predicted octanol–water partition coefficient (Wildman–Crippen LogP) is 4.24. The monoisotopic (exact) mass is 352 g/mol. The van der Waals surface area contributed by atoms with Crippen LogP contribution in [0.2, 0.25) is 4.34 Å². The minimum absolute atomic E-state index is 0.137. The summed E-state index contributed by atoms with van der Waals surface area (Å²) in [4.78, 5) is 26.5. The maximum absolute atomic E-state index is 12.5. The molecule has 5 nitrogen and oxygen atoms in total. The van der Waals surface area contributed by atoms with Crippen molar-refractivity contribution in [2.45, 2.75) is 13.5 Å². The summed E-state index contributed by atoms with van der Waals surface area (Å²) in [5.41, 5.74) is 1.01. The van der Waals surface area contributed by atoms with Gasteiger partial charge < -0.3 is 9.64 Å². The third-order valence-electron chi connectivity index (χ3n) is 3.00. The zero-order valence-corrected chi connectivity index (χ0v) is 14.4. The lowest BCUT2D eigenvalue weighted by atomic mass is 10.1. The maximum Gasteiger partial charge on any atom is 0.411 e. The molecule has 2 amide bonds. The van der Waals surface area contributed by atoms with Crippen LogP contribution in [0.1, 0.15) is 22.2 Å². The molecular weight excluding hydrogens is 336 g/mol. The van der Waals surface area contributed by atoms with E-state index in [1.54, 1.807) is 43.1 Å². The van der Waals surface area contributed by atoms with E-state index in [4.69, 9.17) is 16.3 Å². The van der Waals surface area contributed by atoms with Crippen molar-refractivity contribution < 1.29 is 14.3 Å². The Balaban J connectivity index is 2.05. The highest BCUT2D eigenvalue weighted by Gasteiger charge is 2.14. The van der Waals surface area contributed by atoms with Gasteiger partial charge in [-0.15, -0.1) is 11.3 Å². The van der Waals surface area contributed by atoms with Crippen LogP contribution < -0.4 is 5.32 Å². The van der Waals surface area contributed by atoms with E-state index in [0.29, 0.717) is 22.1 Å². The van der Waals surface area contributed by atoms with Gasteiger partial charge in [0.2, 0.25) is 0 Å². The van der Waals surface area contributed by atoms with Crippen molar-refractivity contribution in [3.63, 3.8) is 0 Å². The number of nitrogens with one attached hydrogen (secondary N) is 1. The van der Waals surface area contributed by atoms with Crippen molar-refractivity contribution in [3.05, 3.63) is 51.2 Å². The highest BCUT2D eigenvalue weighted by atomic mass is 35.5. The van der Waals surface area contributed by atoms with Crippen LogP contribution in [0.15, 0.2) is 36.4 Å². The summed E-state index contributed by atoms with van der Waals surface area (Å²) in [5.74, 6) is -0.137. The lowest BCUT2D eigenvalue weighted by molar-refractivity contribution is 0.0786. The van der Waals surface area contributed by atoms with Crippen LogP contribution in [0.25, 0.3) is 0 Å². The molecule has 0 aliphatic heterocycles. The van der Waals surface area contributed by atoms with Crippen LogP contribution in [0.5, 0.6) is 0 Å². The van der Waals surface area contributed by atoms with Crippen molar-refractivity contribution in [1.82, 2.24) is 4.90 Å². The number of rotatable bonds is 5. The molecule has 0 radical (unpaired) electrons. The zero-order valence-electron chi connectivity index (χ0n) is 12.8. The molecule has 0 spiro atoms. The summed E-state index contributed by atoms with van der Waals surface area (Å²) < 4.78 is 5.51. The van der Waals surface area contributed by atoms with Gasteiger partial charge in [0.1, 0.15) is 0 Å². The van der Waals surface area contributed by atoms with Crippen LogP contribution >= 0.6 is 22.9 Å². The Kier molecular flexibility index (Phi) is 6.01. The molecule has 23 heavy (non-hydrogen) atoms.